The Morgan fingerprint density at radius 3 is 1.89 bits per heavy atom. The fraction of sp³-hybridized carbons (Fsp3) is 0.176. The van der Waals surface area contributed by atoms with Crippen LogP contribution in [0.1, 0.15) is 22.7 Å². The quantitative estimate of drug-likeness (QED) is 0.768. The minimum absolute atomic E-state index is 0. The molecule has 2 aliphatic rings. The van der Waals surface area contributed by atoms with Gasteiger partial charge >= 0.3 is 124 Å². The summed E-state index contributed by atoms with van der Waals surface area (Å²) in [4.78, 5) is 0. The first kappa shape index (κ1) is 12.1. The second kappa shape index (κ2) is 4.98. The van der Waals surface area contributed by atoms with Crippen LogP contribution in [0.4, 0.5) is 0 Å². The third-order valence-electron chi connectivity index (χ3n) is 3.71. The van der Waals surface area contributed by atoms with Gasteiger partial charge in [0.2, 0.25) is 0 Å². The zero-order valence-corrected chi connectivity index (χ0v) is 12.7. The summed E-state index contributed by atoms with van der Waals surface area (Å²) in [6, 6.07) is 10.9. The second-order valence-corrected chi connectivity index (χ2v) is 6.61. The Labute approximate surface area is 128 Å². The van der Waals surface area contributed by atoms with Crippen molar-refractivity contribution in [3.63, 3.8) is 0 Å². The van der Waals surface area contributed by atoms with Crippen LogP contribution in [0, 0.1) is 0 Å². The average Bonchev–Trinajstić information content (AvgIpc) is 3.12. The summed E-state index contributed by atoms with van der Waals surface area (Å²) >= 11 is 1.56. The molecule has 0 nitrogen and oxygen atoms in total. The molecule has 0 fully saturated rings. The minimum atomic E-state index is 0. The molecular weight excluding hydrogens is 295 g/mol. The second-order valence-electron chi connectivity index (χ2n) is 4.76. The van der Waals surface area contributed by atoms with Crippen molar-refractivity contribution < 1.29 is 29.0 Å². The fourth-order valence-electron chi connectivity index (χ4n) is 2.72. The van der Waals surface area contributed by atoms with Crippen LogP contribution in [-0.2, 0) is 27.8 Å². The van der Waals surface area contributed by atoms with Crippen molar-refractivity contribution in [3.05, 3.63) is 83.5 Å². The Kier molecular flexibility index (Phi) is 3.35. The molecule has 0 spiro atoms. The summed E-state index contributed by atoms with van der Waals surface area (Å²) in [7, 11) is 0. The maximum atomic E-state index is 2.31. The molecule has 0 amide bonds. The molecule has 1 aromatic rings. The van der Waals surface area contributed by atoms with E-state index in [1.54, 1.807) is 35.9 Å². The van der Waals surface area contributed by atoms with Crippen molar-refractivity contribution in [2.24, 2.45) is 0 Å². The van der Waals surface area contributed by atoms with E-state index in [-0.39, 0.29) is 7.40 Å². The van der Waals surface area contributed by atoms with Gasteiger partial charge in [0.25, 0.3) is 0 Å². The Morgan fingerprint density at radius 1 is 0.889 bits per heavy atom. The molecule has 0 saturated heterocycles. The van der Waals surface area contributed by atoms with Gasteiger partial charge in [-0.05, 0) is 0 Å². The molecule has 18 heavy (non-hydrogen) atoms. The summed E-state index contributed by atoms with van der Waals surface area (Å²) in [5.74, 6) is 0. The molecule has 0 N–H and O–H groups in total. The first-order valence-corrected chi connectivity index (χ1v) is 7.57. The van der Waals surface area contributed by atoms with Crippen LogP contribution in [0.25, 0.3) is 0 Å². The van der Waals surface area contributed by atoms with Gasteiger partial charge in [0.05, 0.1) is 0 Å². The van der Waals surface area contributed by atoms with Crippen molar-refractivity contribution >= 4 is 0 Å². The molecule has 1 heteroatoms. The normalized spacial score (nSPS) is 18.1. The van der Waals surface area contributed by atoms with Crippen molar-refractivity contribution in [2.75, 3.05) is 0 Å². The van der Waals surface area contributed by atoms with Gasteiger partial charge in [-0.25, -0.2) is 0 Å². The summed E-state index contributed by atoms with van der Waals surface area (Å²) < 4.78 is 0.140. The van der Waals surface area contributed by atoms with E-state index in [4.69, 9.17) is 0 Å². The topological polar surface area (TPSA) is 0 Å². The van der Waals surface area contributed by atoms with E-state index in [9.17, 15) is 0 Å². The molecule has 0 bridgehead atoms. The molecule has 0 radical (unpaired) electrons. The summed E-state index contributed by atoms with van der Waals surface area (Å²) in [5.41, 5.74) is 4.52. The molecule has 1 aromatic carbocycles. The Balaban J connectivity index is 0.00000133. The van der Waals surface area contributed by atoms with E-state index in [0.29, 0.717) is 0 Å². The number of benzene rings is 1. The van der Waals surface area contributed by atoms with Crippen LogP contribution in [0.2, 0.25) is 0 Å². The van der Waals surface area contributed by atoms with Gasteiger partial charge in [-0.15, -0.1) is 0 Å². The predicted octanol–water partition coefficient (Wildman–Crippen LogP) is 4.54. The molecule has 3 rings (SSSR count). The van der Waals surface area contributed by atoms with Gasteiger partial charge in [-0.1, -0.05) is 0 Å². The summed E-state index contributed by atoms with van der Waals surface area (Å²) in [6.45, 7) is 0. The first-order valence-electron chi connectivity index (χ1n) is 6.34. The standard InChI is InChI=1S/C17H15.Zr.3H/c1-2-8-14(9-3-1)17(15-10-4-5-11-15)16-12-6-7-13-16;;;;/h1-10,12H,11,13H2;;;;/q;+3;3*-1. The van der Waals surface area contributed by atoms with Crippen LogP contribution in [0.15, 0.2) is 77.9 Å². The van der Waals surface area contributed by atoms with Crippen molar-refractivity contribution in [1.82, 2.24) is 0 Å². The van der Waals surface area contributed by atoms with E-state index in [1.807, 2.05) is 0 Å². The Hall–Kier alpha value is -0.937. The van der Waals surface area contributed by atoms with E-state index < -0.39 is 0 Å². The third kappa shape index (κ3) is 1.95. The maximum absolute atomic E-state index is 2.31. The molecular formula is C17H18Zr. The monoisotopic (exact) mass is 312 g/mol. The molecule has 0 saturated carbocycles. The molecule has 0 heterocycles. The summed E-state index contributed by atoms with van der Waals surface area (Å²) in [5, 5.41) is 0. The van der Waals surface area contributed by atoms with Gasteiger partial charge in [0.15, 0.2) is 0 Å². The third-order valence-corrected chi connectivity index (χ3v) is 6.00. The van der Waals surface area contributed by atoms with Gasteiger partial charge < -0.3 is 4.28 Å². The molecule has 0 atom stereocenters. The van der Waals surface area contributed by atoms with Gasteiger partial charge in [-0.2, -0.15) is 0 Å². The van der Waals surface area contributed by atoms with E-state index in [2.05, 4.69) is 66.8 Å². The zero-order chi connectivity index (χ0) is 12.4. The molecule has 0 unspecified atom stereocenters. The zero-order valence-electron chi connectivity index (χ0n) is 13.3. The predicted molar refractivity (Wildman–Crippen MR) is 75.1 cm³/mol. The first-order chi connectivity index (χ1) is 8.82. The van der Waals surface area contributed by atoms with Crippen LogP contribution in [-0.4, -0.2) is 0 Å². The van der Waals surface area contributed by atoms with Crippen molar-refractivity contribution in [2.45, 2.75) is 16.0 Å². The summed E-state index contributed by atoms with van der Waals surface area (Å²) in [6.07, 6.45) is 15.7. The molecule has 0 aromatic heterocycles. The Bertz CT molecular complexity index is 541. The van der Waals surface area contributed by atoms with Crippen molar-refractivity contribution in [3.8, 4) is 0 Å². The molecule has 0 aliphatic heterocycles. The van der Waals surface area contributed by atoms with Gasteiger partial charge in [0.1, 0.15) is 0 Å². The molecule has 90 valence electrons. The Morgan fingerprint density at radius 2 is 1.44 bits per heavy atom. The number of hydrogen-bond acceptors (Lipinski definition) is 0. The average molecular weight is 314 g/mol. The van der Waals surface area contributed by atoms with Crippen LogP contribution in [0.3, 0.4) is 0 Å². The van der Waals surface area contributed by atoms with Crippen molar-refractivity contribution in [1.29, 1.82) is 0 Å². The number of hydrogen-bond donors (Lipinski definition) is 0. The van der Waals surface area contributed by atoms with Crippen LogP contribution in [0.5, 0.6) is 0 Å². The number of rotatable bonds is 3. The van der Waals surface area contributed by atoms with Crippen LogP contribution >= 0.6 is 0 Å². The van der Waals surface area contributed by atoms with Gasteiger partial charge in [-0.3, -0.25) is 0 Å². The van der Waals surface area contributed by atoms with Crippen LogP contribution < -0.4 is 0 Å². The van der Waals surface area contributed by atoms with Gasteiger partial charge in [0, 0.05) is 0 Å². The number of allylic oxidation sites excluding steroid dienone is 8. The van der Waals surface area contributed by atoms with E-state index >= 15 is 0 Å². The SMILES string of the molecule is [H-].[H-].[H-].[Zr+3][C](C1=CC=CC1)(C1=CC=CC1)c1ccccc1. The van der Waals surface area contributed by atoms with E-state index in [0.717, 1.165) is 12.8 Å². The van der Waals surface area contributed by atoms with E-state index in [1.165, 1.54) is 5.56 Å². The molecule has 2 aliphatic carbocycles. The fourth-order valence-corrected chi connectivity index (χ4v) is 4.04.